The van der Waals surface area contributed by atoms with Crippen molar-refractivity contribution in [2.75, 3.05) is 0 Å². The van der Waals surface area contributed by atoms with Gasteiger partial charge in [-0.3, -0.25) is 10.1 Å². The van der Waals surface area contributed by atoms with Gasteiger partial charge in [-0.25, -0.2) is 4.79 Å². The zero-order chi connectivity index (χ0) is 10.8. The Morgan fingerprint density at radius 3 is 2.67 bits per heavy atom. The standard InChI is InChI=1S/C10H9NO4/c12-7-4-2-1-3-6(7)5-8-9(13)11-10(14)15-8/h1-4,8,12H,5H2,(H,11,13,14). The normalized spacial score (nSPS) is 19.9. The lowest BCUT2D eigenvalue weighted by Gasteiger charge is -2.07. The first-order valence-electron chi connectivity index (χ1n) is 4.45. The van der Waals surface area contributed by atoms with Crippen molar-refractivity contribution in [2.24, 2.45) is 0 Å². The first kappa shape index (κ1) is 9.51. The van der Waals surface area contributed by atoms with Gasteiger partial charge in [-0.05, 0) is 11.6 Å². The molecule has 15 heavy (non-hydrogen) atoms. The minimum atomic E-state index is -0.842. The van der Waals surface area contributed by atoms with E-state index in [9.17, 15) is 14.7 Å². The molecule has 2 N–H and O–H groups in total. The molecule has 0 spiro atoms. The van der Waals surface area contributed by atoms with Crippen LogP contribution < -0.4 is 5.32 Å². The van der Waals surface area contributed by atoms with Crippen molar-refractivity contribution in [1.29, 1.82) is 0 Å². The van der Waals surface area contributed by atoms with Crippen LogP contribution in [0.4, 0.5) is 4.79 Å². The zero-order valence-electron chi connectivity index (χ0n) is 7.77. The molecule has 5 nitrogen and oxygen atoms in total. The highest BCUT2D eigenvalue weighted by molar-refractivity contribution is 6.00. The van der Waals surface area contributed by atoms with Crippen LogP contribution in [0.25, 0.3) is 0 Å². The van der Waals surface area contributed by atoms with Crippen LogP contribution in [0.15, 0.2) is 24.3 Å². The van der Waals surface area contributed by atoms with Crippen LogP contribution >= 0.6 is 0 Å². The molecule has 1 aromatic carbocycles. The lowest BCUT2D eigenvalue weighted by Crippen LogP contribution is -2.25. The Morgan fingerprint density at radius 1 is 1.33 bits per heavy atom. The third-order valence-electron chi connectivity index (χ3n) is 2.16. The molecule has 0 aliphatic carbocycles. The number of phenols is 1. The zero-order valence-corrected chi connectivity index (χ0v) is 7.77. The summed E-state index contributed by atoms with van der Waals surface area (Å²) in [5, 5.41) is 11.5. The largest absolute Gasteiger partial charge is 0.508 e. The molecule has 0 radical (unpaired) electrons. The van der Waals surface area contributed by atoms with E-state index in [1.807, 2.05) is 5.32 Å². The van der Waals surface area contributed by atoms with E-state index < -0.39 is 18.1 Å². The van der Waals surface area contributed by atoms with E-state index in [4.69, 9.17) is 4.74 Å². The number of carbonyl (C=O) groups is 2. The topological polar surface area (TPSA) is 75.6 Å². The number of amides is 2. The summed E-state index contributed by atoms with van der Waals surface area (Å²) in [7, 11) is 0. The van der Waals surface area contributed by atoms with Gasteiger partial charge in [-0.15, -0.1) is 0 Å². The van der Waals surface area contributed by atoms with Crippen molar-refractivity contribution in [3.63, 3.8) is 0 Å². The average Bonchev–Trinajstić information content (AvgIpc) is 2.49. The quantitative estimate of drug-likeness (QED) is 0.743. The van der Waals surface area contributed by atoms with Gasteiger partial charge in [0, 0.05) is 6.42 Å². The number of hydrogen-bond acceptors (Lipinski definition) is 4. The Morgan fingerprint density at radius 2 is 2.07 bits per heavy atom. The Balaban J connectivity index is 2.13. The van der Waals surface area contributed by atoms with E-state index in [1.165, 1.54) is 6.07 Å². The Labute approximate surface area is 85.7 Å². The summed E-state index contributed by atoms with van der Waals surface area (Å²) in [5.41, 5.74) is 0.576. The van der Waals surface area contributed by atoms with Crippen molar-refractivity contribution in [3.05, 3.63) is 29.8 Å². The fourth-order valence-corrected chi connectivity index (χ4v) is 1.41. The van der Waals surface area contributed by atoms with Crippen molar-refractivity contribution in [3.8, 4) is 5.75 Å². The van der Waals surface area contributed by atoms with Gasteiger partial charge >= 0.3 is 6.09 Å². The second-order valence-corrected chi connectivity index (χ2v) is 3.22. The van der Waals surface area contributed by atoms with E-state index in [0.717, 1.165) is 0 Å². The second kappa shape index (κ2) is 3.61. The lowest BCUT2D eigenvalue weighted by atomic mass is 10.1. The van der Waals surface area contributed by atoms with Crippen LogP contribution in [0.1, 0.15) is 5.56 Å². The molecule has 1 fully saturated rings. The summed E-state index contributed by atoms with van der Waals surface area (Å²) in [6, 6.07) is 6.61. The fraction of sp³-hybridized carbons (Fsp3) is 0.200. The minimum Gasteiger partial charge on any atom is -0.508 e. The number of rotatable bonds is 2. The number of aromatic hydroxyl groups is 1. The van der Waals surface area contributed by atoms with Gasteiger partial charge in [0.1, 0.15) is 5.75 Å². The maximum absolute atomic E-state index is 11.2. The number of phenolic OH excluding ortho intramolecular Hbond substituents is 1. The highest BCUT2D eigenvalue weighted by Crippen LogP contribution is 2.19. The minimum absolute atomic E-state index is 0.0910. The monoisotopic (exact) mass is 207 g/mol. The Hall–Kier alpha value is -2.04. The predicted molar refractivity (Wildman–Crippen MR) is 50.2 cm³/mol. The van der Waals surface area contributed by atoms with E-state index in [1.54, 1.807) is 18.2 Å². The molecule has 2 rings (SSSR count). The van der Waals surface area contributed by atoms with Gasteiger partial charge in [0.2, 0.25) is 0 Å². The Bertz CT molecular complexity index is 416. The number of nitrogens with one attached hydrogen (secondary N) is 1. The van der Waals surface area contributed by atoms with Gasteiger partial charge in [0.25, 0.3) is 5.91 Å². The summed E-state index contributed by atoms with van der Waals surface area (Å²) in [4.78, 5) is 21.9. The van der Waals surface area contributed by atoms with Crippen LogP contribution in [0.3, 0.4) is 0 Å². The number of carbonyl (C=O) groups excluding carboxylic acids is 2. The summed E-state index contributed by atoms with van der Waals surface area (Å²) < 4.78 is 4.72. The molecule has 2 amide bonds. The van der Waals surface area contributed by atoms with Crippen molar-refractivity contribution < 1.29 is 19.4 Å². The number of cyclic esters (lactones) is 1. The molecule has 78 valence electrons. The van der Waals surface area contributed by atoms with Crippen molar-refractivity contribution in [1.82, 2.24) is 5.32 Å². The van der Waals surface area contributed by atoms with Gasteiger partial charge in [0.05, 0.1) is 0 Å². The lowest BCUT2D eigenvalue weighted by molar-refractivity contribution is -0.123. The molecule has 5 heteroatoms. The SMILES string of the molecule is O=C1NC(=O)C(Cc2ccccc2O)O1. The van der Waals surface area contributed by atoms with Crippen molar-refractivity contribution >= 4 is 12.0 Å². The van der Waals surface area contributed by atoms with Crippen LogP contribution in [-0.4, -0.2) is 23.2 Å². The van der Waals surface area contributed by atoms with E-state index in [2.05, 4.69) is 0 Å². The van der Waals surface area contributed by atoms with Crippen LogP contribution in [0, 0.1) is 0 Å². The first-order valence-corrected chi connectivity index (χ1v) is 4.45. The summed E-state index contributed by atoms with van der Waals surface area (Å²) >= 11 is 0. The third kappa shape index (κ3) is 1.90. The molecule has 1 atom stereocenters. The molecule has 1 heterocycles. The second-order valence-electron chi connectivity index (χ2n) is 3.22. The van der Waals surface area contributed by atoms with Gasteiger partial charge < -0.3 is 9.84 Å². The van der Waals surface area contributed by atoms with Gasteiger partial charge in [-0.2, -0.15) is 0 Å². The smallest absolute Gasteiger partial charge is 0.414 e. The van der Waals surface area contributed by atoms with Crippen molar-refractivity contribution in [2.45, 2.75) is 12.5 Å². The number of para-hydroxylation sites is 1. The summed E-state index contributed by atoms with van der Waals surface area (Å²) in [6.45, 7) is 0. The molecule has 1 aromatic rings. The van der Waals surface area contributed by atoms with Crippen LogP contribution in [0.2, 0.25) is 0 Å². The van der Waals surface area contributed by atoms with Crippen LogP contribution in [0.5, 0.6) is 5.75 Å². The molecule has 1 aliphatic rings. The fourth-order valence-electron chi connectivity index (χ4n) is 1.41. The summed E-state index contributed by atoms with van der Waals surface area (Å²) in [5.74, 6) is -0.378. The number of alkyl carbamates (subject to hydrolysis) is 1. The molecule has 1 saturated heterocycles. The predicted octanol–water partition coefficient (Wildman–Crippen LogP) is 0.570. The highest BCUT2D eigenvalue weighted by Gasteiger charge is 2.32. The van der Waals surface area contributed by atoms with E-state index >= 15 is 0 Å². The molecule has 0 bridgehead atoms. The third-order valence-corrected chi connectivity index (χ3v) is 2.16. The molecule has 1 unspecified atom stereocenters. The summed E-state index contributed by atoms with van der Waals surface area (Å²) in [6.07, 6.45) is -1.39. The molecule has 0 saturated carbocycles. The molecular weight excluding hydrogens is 198 g/mol. The number of ether oxygens (including phenoxy) is 1. The number of benzene rings is 1. The first-order chi connectivity index (χ1) is 7.16. The number of hydrogen-bond donors (Lipinski definition) is 2. The molecule has 0 aromatic heterocycles. The maximum Gasteiger partial charge on any atom is 0.414 e. The van der Waals surface area contributed by atoms with E-state index in [-0.39, 0.29) is 12.2 Å². The molecular formula is C10H9NO4. The number of imide groups is 1. The highest BCUT2D eigenvalue weighted by atomic mass is 16.6. The van der Waals surface area contributed by atoms with Gasteiger partial charge in [-0.1, -0.05) is 18.2 Å². The average molecular weight is 207 g/mol. The van der Waals surface area contributed by atoms with Crippen LogP contribution in [-0.2, 0) is 16.0 Å². The molecule has 1 aliphatic heterocycles. The Kier molecular flexibility index (Phi) is 2.29. The van der Waals surface area contributed by atoms with Gasteiger partial charge in [0.15, 0.2) is 6.10 Å². The maximum atomic E-state index is 11.2. The van der Waals surface area contributed by atoms with E-state index in [0.29, 0.717) is 5.56 Å².